The summed E-state index contributed by atoms with van der Waals surface area (Å²) in [7, 11) is 1.93. The molecule has 0 aromatic carbocycles. The normalized spacial score (nSPS) is 10.3. The van der Waals surface area contributed by atoms with Crippen molar-refractivity contribution in [3.05, 3.63) is 24.2 Å². The number of pyridine rings is 1. The van der Waals surface area contributed by atoms with Crippen molar-refractivity contribution < 1.29 is 0 Å². The fourth-order valence-electron chi connectivity index (χ4n) is 1.54. The monoisotopic (exact) mass is 205 g/mol. The standard InChI is InChI=1S/C10H13N3.C2H6/c1-7(2)10-8-6-13(3)12-9(8)4-5-11-10;1-2/h4-7H,1-3H3;1-2H3. The Balaban J connectivity index is 0.000000531. The van der Waals surface area contributed by atoms with Crippen LogP contribution in [0.1, 0.15) is 39.3 Å². The molecule has 0 fully saturated rings. The van der Waals surface area contributed by atoms with Gasteiger partial charge in [0.05, 0.1) is 11.2 Å². The average molecular weight is 205 g/mol. The molecule has 0 bridgehead atoms. The lowest BCUT2D eigenvalue weighted by Crippen LogP contribution is -1.91. The van der Waals surface area contributed by atoms with Crippen LogP contribution in [0.4, 0.5) is 0 Å². The predicted molar refractivity (Wildman–Crippen MR) is 63.9 cm³/mol. The van der Waals surface area contributed by atoms with E-state index in [1.807, 2.05) is 44.0 Å². The van der Waals surface area contributed by atoms with E-state index in [0.717, 1.165) is 11.2 Å². The fraction of sp³-hybridized carbons (Fsp3) is 0.500. The van der Waals surface area contributed by atoms with Gasteiger partial charge in [-0.1, -0.05) is 27.7 Å². The molecule has 0 aliphatic heterocycles. The molecular weight excluding hydrogens is 186 g/mol. The highest BCUT2D eigenvalue weighted by molar-refractivity contribution is 5.80. The second-order valence-corrected chi connectivity index (χ2v) is 3.59. The number of rotatable bonds is 1. The SMILES string of the molecule is CC.CC(C)c1nccc2nn(C)cc12. The van der Waals surface area contributed by atoms with Crippen molar-refractivity contribution in [2.24, 2.45) is 7.05 Å². The van der Waals surface area contributed by atoms with Gasteiger partial charge in [0, 0.05) is 24.8 Å². The van der Waals surface area contributed by atoms with Crippen molar-refractivity contribution in [1.82, 2.24) is 14.8 Å². The lowest BCUT2D eigenvalue weighted by molar-refractivity contribution is 0.779. The summed E-state index contributed by atoms with van der Waals surface area (Å²) >= 11 is 0. The van der Waals surface area contributed by atoms with E-state index in [-0.39, 0.29) is 0 Å². The molecule has 0 saturated heterocycles. The van der Waals surface area contributed by atoms with Gasteiger partial charge in [-0.15, -0.1) is 0 Å². The molecule has 0 aliphatic carbocycles. The molecule has 15 heavy (non-hydrogen) atoms. The van der Waals surface area contributed by atoms with Gasteiger partial charge in [-0.2, -0.15) is 5.10 Å². The molecule has 0 spiro atoms. The zero-order valence-corrected chi connectivity index (χ0v) is 10.2. The van der Waals surface area contributed by atoms with Gasteiger partial charge in [-0.3, -0.25) is 9.67 Å². The Bertz CT molecular complexity index is 429. The summed E-state index contributed by atoms with van der Waals surface area (Å²) in [5.74, 6) is 0.452. The number of hydrogen-bond donors (Lipinski definition) is 0. The molecular formula is C12H19N3. The first-order chi connectivity index (χ1) is 7.18. The van der Waals surface area contributed by atoms with E-state index in [4.69, 9.17) is 0 Å². The fourth-order valence-corrected chi connectivity index (χ4v) is 1.54. The average Bonchev–Trinajstić information content (AvgIpc) is 2.60. The topological polar surface area (TPSA) is 30.7 Å². The highest BCUT2D eigenvalue weighted by Gasteiger charge is 2.08. The van der Waals surface area contributed by atoms with Crippen molar-refractivity contribution in [3.63, 3.8) is 0 Å². The summed E-state index contributed by atoms with van der Waals surface area (Å²) in [6.07, 6.45) is 3.85. The predicted octanol–water partition coefficient (Wildman–Crippen LogP) is 3.12. The third-order valence-corrected chi connectivity index (χ3v) is 2.13. The quantitative estimate of drug-likeness (QED) is 0.716. The van der Waals surface area contributed by atoms with Gasteiger partial charge in [0.25, 0.3) is 0 Å². The van der Waals surface area contributed by atoms with Crippen molar-refractivity contribution in [2.75, 3.05) is 0 Å². The molecule has 0 atom stereocenters. The minimum atomic E-state index is 0.452. The van der Waals surface area contributed by atoms with Gasteiger partial charge in [0.1, 0.15) is 0 Å². The number of hydrogen-bond acceptors (Lipinski definition) is 2. The van der Waals surface area contributed by atoms with Gasteiger partial charge in [-0.25, -0.2) is 0 Å². The summed E-state index contributed by atoms with van der Waals surface area (Å²) in [4.78, 5) is 4.37. The van der Waals surface area contributed by atoms with Crippen LogP contribution in [0.5, 0.6) is 0 Å². The van der Waals surface area contributed by atoms with Crippen molar-refractivity contribution in [2.45, 2.75) is 33.6 Å². The van der Waals surface area contributed by atoms with Gasteiger partial charge in [-0.05, 0) is 12.0 Å². The smallest absolute Gasteiger partial charge is 0.0956 e. The third kappa shape index (κ3) is 2.35. The number of fused-ring (bicyclic) bond motifs is 1. The van der Waals surface area contributed by atoms with Crippen LogP contribution in [0, 0.1) is 0 Å². The summed E-state index contributed by atoms with van der Waals surface area (Å²) in [5.41, 5.74) is 2.16. The molecule has 0 radical (unpaired) electrons. The molecule has 2 aromatic rings. The molecule has 3 nitrogen and oxygen atoms in total. The Kier molecular flexibility index (Phi) is 3.83. The molecule has 0 saturated carbocycles. The highest BCUT2D eigenvalue weighted by Crippen LogP contribution is 2.21. The van der Waals surface area contributed by atoms with Gasteiger partial charge in [0.2, 0.25) is 0 Å². The van der Waals surface area contributed by atoms with Crippen LogP contribution in [0.3, 0.4) is 0 Å². The maximum atomic E-state index is 4.37. The van der Waals surface area contributed by atoms with Crippen molar-refractivity contribution in [3.8, 4) is 0 Å². The molecule has 82 valence electrons. The minimum Gasteiger partial charge on any atom is -0.275 e. The number of aromatic nitrogens is 3. The zero-order valence-electron chi connectivity index (χ0n) is 10.2. The summed E-state index contributed by atoms with van der Waals surface area (Å²) in [6.45, 7) is 8.30. The van der Waals surface area contributed by atoms with Crippen LogP contribution in [0.2, 0.25) is 0 Å². The largest absolute Gasteiger partial charge is 0.275 e. The number of aryl methyl sites for hydroxylation is 1. The van der Waals surface area contributed by atoms with Gasteiger partial charge >= 0.3 is 0 Å². The van der Waals surface area contributed by atoms with Crippen LogP contribution in [0.15, 0.2) is 18.5 Å². The van der Waals surface area contributed by atoms with Gasteiger partial charge < -0.3 is 0 Å². The molecule has 3 heteroatoms. The van der Waals surface area contributed by atoms with Gasteiger partial charge in [0.15, 0.2) is 0 Å². The van der Waals surface area contributed by atoms with Crippen LogP contribution >= 0.6 is 0 Å². The van der Waals surface area contributed by atoms with E-state index in [2.05, 4.69) is 23.9 Å². The lowest BCUT2D eigenvalue weighted by atomic mass is 10.1. The first-order valence-corrected chi connectivity index (χ1v) is 5.46. The van der Waals surface area contributed by atoms with E-state index in [1.165, 1.54) is 5.39 Å². The second-order valence-electron chi connectivity index (χ2n) is 3.59. The molecule has 2 rings (SSSR count). The van der Waals surface area contributed by atoms with E-state index in [9.17, 15) is 0 Å². The van der Waals surface area contributed by atoms with E-state index < -0.39 is 0 Å². The molecule has 0 N–H and O–H groups in total. The maximum absolute atomic E-state index is 4.37. The van der Waals surface area contributed by atoms with E-state index in [1.54, 1.807) is 0 Å². The van der Waals surface area contributed by atoms with Crippen molar-refractivity contribution in [1.29, 1.82) is 0 Å². The molecule has 2 heterocycles. The Morgan fingerprint density at radius 2 is 1.93 bits per heavy atom. The Morgan fingerprint density at radius 3 is 2.53 bits per heavy atom. The first kappa shape index (κ1) is 11.7. The summed E-state index contributed by atoms with van der Waals surface area (Å²) in [5, 5.41) is 5.50. The Hall–Kier alpha value is -1.38. The van der Waals surface area contributed by atoms with Crippen molar-refractivity contribution >= 4 is 10.9 Å². The van der Waals surface area contributed by atoms with E-state index >= 15 is 0 Å². The minimum absolute atomic E-state index is 0.452. The molecule has 0 aliphatic rings. The van der Waals surface area contributed by atoms with Crippen LogP contribution in [-0.2, 0) is 7.05 Å². The second kappa shape index (κ2) is 4.91. The van der Waals surface area contributed by atoms with Crippen LogP contribution < -0.4 is 0 Å². The molecule has 0 unspecified atom stereocenters. The number of nitrogens with zero attached hydrogens (tertiary/aromatic N) is 3. The summed E-state index contributed by atoms with van der Waals surface area (Å²) < 4.78 is 1.83. The maximum Gasteiger partial charge on any atom is 0.0956 e. The highest BCUT2D eigenvalue weighted by atomic mass is 15.2. The van der Waals surface area contributed by atoms with E-state index in [0.29, 0.717) is 5.92 Å². The molecule has 2 aromatic heterocycles. The van der Waals surface area contributed by atoms with Crippen LogP contribution in [-0.4, -0.2) is 14.8 Å². The molecule has 0 amide bonds. The first-order valence-electron chi connectivity index (χ1n) is 5.46. The Morgan fingerprint density at radius 1 is 1.27 bits per heavy atom. The zero-order chi connectivity index (χ0) is 11.4. The Labute approximate surface area is 91.1 Å². The third-order valence-electron chi connectivity index (χ3n) is 2.13. The summed E-state index contributed by atoms with van der Waals surface area (Å²) in [6, 6.07) is 1.95. The van der Waals surface area contributed by atoms with Crippen LogP contribution in [0.25, 0.3) is 10.9 Å². The lowest BCUT2D eigenvalue weighted by Gasteiger charge is -2.03.